The van der Waals surface area contributed by atoms with E-state index in [9.17, 15) is 14.9 Å². The molecule has 0 bridgehead atoms. The number of methoxy groups -OCH3 is 1. The molecule has 0 radical (unpaired) electrons. The molecule has 0 aliphatic carbocycles. The Labute approximate surface area is 203 Å². The predicted octanol–water partition coefficient (Wildman–Crippen LogP) is 5.60. The minimum absolute atomic E-state index is 0.000392. The zero-order valence-electron chi connectivity index (χ0n) is 18.3. The molecule has 0 spiro atoms. The van der Waals surface area contributed by atoms with Crippen LogP contribution in [0.4, 0.5) is 5.69 Å². The summed E-state index contributed by atoms with van der Waals surface area (Å²) in [7, 11) is 1.53. The molecular formula is C25H19BrN2O6. The van der Waals surface area contributed by atoms with E-state index in [0.29, 0.717) is 28.2 Å². The van der Waals surface area contributed by atoms with Gasteiger partial charge >= 0.3 is 5.97 Å². The van der Waals surface area contributed by atoms with Crippen LogP contribution in [0, 0.1) is 17.0 Å². The highest BCUT2D eigenvalue weighted by Crippen LogP contribution is 2.34. The van der Waals surface area contributed by atoms with Crippen LogP contribution < -0.4 is 9.47 Å². The lowest BCUT2D eigenvalue weighted by Crippen LogP contribution is -2.06. The Hall–Kier alpha value is -3.98. The maximum absolute atomic E-state index is 12.5. The number of nitrogens with zero attached hydrogens (tertiary/aromatic N) is 2. The molecule has 0 saturated heterocycles. The first-order valence-corrected chi connectivity index (χ1v) is 11.0. The van der Waals surface area contributed by atoms with Crippen molar-refractivity contribution in [1.82, 2.24) is 0 Å². The van der Waals surface area contributed by atoms with Crippen LogP contribution in [0.5, 0.6) is 11.5 Å². The Morgan fingerprint density at radius 1 is 1.15 bits per heavy atom. The van der Waals surface area contributed by atoms with Gasteiger partial charge in [0.25, 0.3) is 5.69 Å². The number of rotatable bonds is 7. The molecule has 172 valence electrons. The Balaban J connectivity index is 1.66. The predicted molar refractivity (Wildman–Crippen MR) is 130 cm³/mol. The first kappa shape index (κ1) is 23.2. The number of para-hydroxylation sites is 1. The van der Waals surface area contributed by atoms with Crippen LogP contribution in [-0.2, 0) is 16.1 Å². The molecule has 0 aromatic heterocycles. The molecule has 3 aromatic rings. The van der Waals surface area contributed by atoms with Gasteiger partial charge in [0.15, 0.2) is 17.2 Å². The maximum Gasteiger partial charge on any atom is 0.363 e. The van der Waals surface area contributed by atoms with Crippen molar-refractivity contribution in [1.29, 1.82) is 0 Å². The molecule has 0 saturated carbocycles. The van der Waals surface area contributed by atoms with E-state index in [4.69, 9.17) is 14.2 Å². The minimum atomic E-state index is -0.667. The van der Waals surface area contributed by atoms with Crippen molar-refractivity contribution in [3.8, 4) is 11.5 Å². The second kappa shape index (κ2) is 9.88. The van der Waals surface area contributed by atoms with Crippen molar-refractivity contribution >= 4 is 39.6 Å². The second-order valence-corrected chi connectivity index (χ2v) is 8.30. The molecule has 34 heavy (non-hydrogen) atoms. The molecule has 1 aliphatic rings. The fraction of sp³-hybridized carbons (Fsp3) is 0.120. The topological polar surface area (TPSA) is 100 Å². The molecule has 0 unspecified atom stereocenters. The van der Waals surface area contributed by atoms with E-state index in [0.717, 1.165) is 10.0 Å². The molecule has 4 rings (SSSR count). The molecule has 0 atom stereocenters. The van der Waals surface area contributed by atoms with Gasteiger partial charge in [0.1, 0.15) is 6.61 Å². The van der Waals surface area contributed by atoms with Crippen LogP contribution in [0.3, 0.4) is 0 Å². The summed E-state index contributed by atoms with van der Waals surface area (Å²) in [5, 5.41) is 11.3. The monoisotopic (exact) mass is 522 g/mol. The number of hydrogen-bond acceptors (Lipinski definition) is 7. The number of halogens is 1. The first-order chi connectivity index (χ1) is 16.4. The molecule has 0 fully saturated rings. The summed E-state index contributed by atoms with van der Waals surface area (Å²) >= 11 is 3.41. The summed E-state index contributed by atoms with van der Waals surface area (Å²) in [6, 6.07) is 17.5. The van der Waals surface area contributed by atoms with Crippen LogP contribution in [0.15, 0.2) is 75.8 Å². The Morgan fingerprint density at radius 2 is 1.91 bits per heavy atom. The summed E-state index contributed by atoms with van der Waals surface area (Å²) in [6.45, 7) is 1.92. The van der Waals surface area contributed by atoms with Crippen molar-refractivity contribution < 1.29 is 23.9 Å². The fourth-order valence-electron chi connectivity index (χ4n) is 3.32. The SMILES string of the molecule is COc1cccc(/C=C2\N=C(c3ccc(C)c([N+](=O)[O-])c3)OC2=O)c1OCc1ccc(Br)cc1. The summed E-state index contributed by atoms with van der Waals surface area (Å²) in [4.78, 5) is 27.5. The van der Waals surface area contributed by atoms with Crippen LogP contribution in [-0.4, -0.2) is 23.9 Å². The number of esters is 1. The van der Waals surface area contributed by atoms with Crippen molar-refractivity contribution in [2.75, 3.05) is 7.11 Å². The number of aryl methyl sites for hydroxylation is 1. The molecule has 0 amide bonds. The number of carbonyl (C=O) groups excluding carboxylic acids is 1. The summed E-state index contributed by atoms with van der Waals surface area (Å²) in [5.74, 6) is 0.276. The normalized spacial score (nSPS) is 14.0. The zero-order valence-corrected chi connectivity index (χ0v) is 19.9. The highest BCUT2D eigenvalue weighted by atomic mass is 79.9. The van der Waals surface area contributed by atoms with E-state index in [1.807, 2.05) is 24.3 Å². The number of ether oxygens (including phenoxy) is 3. The first-order valence-electron chi connectivity index (χ1n) is 10.2. The van der Waals surface area contributed by atoms with E-state index in [1.54, 1.807) is 37.3 Å². The van der Waals surface area contributed by atoms with Crippen molar-refractivity contribution in [3.05, 3.63) is 103 Å². The second-order valence-electron chi connectivity index (χ2n) is 7.39. The molecule has 9 heteroatoms. The lowest BCUT2D eigenvalue weighted by Gasteiger charge is -2.13. The Kier molecular flexibility index (Phi) is 6.74. The van der Waals surface area contributed by atoms with Crippen LogP contribution >= 0.6 is 15.9 Å². The van der Waals surface area contributed by atoms with Gasteiger partial charge in [-0.25, -0.2) is 9.79 Å². The number of benzene rings is 3. The molecule has 0 N–H and O–H groups in total. The third-order valence-electron chi connectivity index (χ3n) is 5.09. The van der Waals surface area contributed by atoms with E-state index in [1.165, 1.54) is 19.3 Å². The third-order valence-corrected chi connectivity index (χ3v) is 5.62. The largest absolute Gasteiger partial charge is 0.493 e. The van der Waals surface area contributed by atoms with Gasteiger partial charge in [-0.05, 0) is 42.8 Å². The Morgan fingerprint density at radius 3 is 2.62 bits per heavy atom. The highest BCUT2D eigenvalue weighted by molar-refractivity contribution is 9.10. The van der Waals surface area contributed by atoms with Gasteiger partial charge in [0.05, 0.1) is 12.0 Å². The number of nitro benzene ring substituents is 1. The number of aliphatic imine (C=N–C) groups is 1. The van der Waals surface area contributed by atoms with Crippen molar-refractivity contribution in [2.24, 2.45) is 4.99 Å². The lowest BCUT2D eigenvalue weighted by atomic mass is 10.1. The zero-order chi connectivity index (χ0) is 24.2. The van der Waals surface area contributed by atoms with Crippen molar-refractivity contribution in [3.63, 3.8) is 0 Å². The maximum atomic E-state index is 12.5. The number of carbonyl (C=O) groups is 1. The molecule has 3 aromatic carbocycles. The quantitative estimate of drug-likeness (QED) is 0.173. The van der Waals surface area contributed by atoms with Gasteiger partial charge in [0.2, 0.25) is 5.90 Å². The Bertz CT molecular complexity index is 1330. The van der Waals surface area contributed by atoms with Gasteiger partial charge in [-0.2, -0.15) is 0 Å². The van der Waals surface area contributed by atoms with Gasteiger partial charge < -0.3 is 14.2 Å². The fourth-order valence-corrected chi connectivity index (χ4v) is 3.58. The van der Waals surface area contributed by atoms with Gasteiger partial charge in [-0.1, -0.05) is 46.3 Å². The highest BCUT2D eigenvalue weighted by Gasteiger charge is 2.26. The smallest absolute Gasteiger partial charge is 0.363 e. The van der Waals surface area contributed by atoms with Crippen LogP contribution in [0.2, 0.25) is 0 Å². The van der Waals surface area contributed by atoms with Crippen LogP contribution in [0.1, 0.15) is 22.3 Å². The van der Waals surface area contributed by atoms with Crippen LogP contribution in [0.25, 0.3) is 6.08 Å². The van der Waals surface area contributed by atoms with E-state index >= 15 is 0 Å². The third kappa shape index (κ3) is 4.99. The van der Waals surface area contributed by atoms with Gasteiger partial charge in [-0.3, -0.25) is 10.1 Å². The standard InChI is InChI=1S/C25H19BrN2O6/c1-15-6-9-18(13-21(15)28(30)31)24-27-20(25(29)34-24)12-17-4-3-5-22(32-2)23(17)33-14-16-7-10-19(26)11-8-16/h3-13H,14H2,1-2H3/b20-12-. The number of cyclic esters (lactones) is 1. The average Bonchev–Trinajstić information content (AvgIpc) is 3.19. The summed E-state index contributed by atoms with van der Waals surface area (Å²) < 4.78 is 17.7. The summed E-state index contributed by atoms with van der Waals surface area (Å²) in [6.07, 6.45) is 1.54. The lowest BCUT2D eigenvalue weighted by molar-refractivity contribution is -0.385. The van der Waals surface area contributed by atoms with Gasteiger partial charge in [-0.15, -0.1) is 0 Å². The van der Waals surface area contributed by atoms with E-state index in [-0.39, 0.29) is 23.9 Å². The molecular weight excluding hydrogens is 504 g/mol. The minimum Gasteiger partial charge on any atom is -0.493 e. The number of hydrogen-bond donors (Lipinski definition) is 0. The average molecular weight is 523 g/mol. The molecule has 8 nitrogen and oxygen atoms in total. The number of nitro groups is 1. The van der Waals surface area contributed by atoms with E-state index < -0.39 is 10.9 Å². The molecule has 1 heterocycles. The van der Waals surface area contributed by atoms with Crippen molar-refractivity contribution in [2.45, 2.75) is 13.5 Å². The summed E-state index contributed by atoms with van der Waals surface area (Å²) in [5.41, 5.74) is 2.33. The van der Waals surface area contributed by atoms with Gasteiger partial charge in [0, 0.05) is 27.2 Å². The van der Waals surface area contributed by atoms with E-state index in [2.05, 4.69) is 20.9 Å². The molecule has 1 aliphatic heterocycles.